The molecule has 5 nitrogen and oxygen atoms in total. The summed E-state index contributed by atoms with van der Waals surface area (Å²) in [5, 5.41) is 6.12. The molecule has 0 radical (unpaired) electrons. The van der Waals surface area contributed by atoms with Crippen molar-refractivity contribution < 1.29 is 21.6 Å². The summed E-state index contributed by atoms with van der Waals surface area (Å²) >= 11 is 0. The maximum atomic E-state index is 13.5. The van der Waals surface area contributed by atoms with E-state index in [-0.39, 0.29) is 0 Å². The third kappa shape index (κ3) is 2.83. The van der Waals surface area contributed by atoms with Crippen LogP contribution in [0.4, 0.5) is 13.2 Å². The van der Waals surface area contributed by atoms with Gasteiger partial charge in [-0.1, -0.05) is 0 Å². The van der Waals surface area contributed by atoms with Gasteiger partial charge in [-0.2, -0.15) is 5.10 Å². The second kappa shape index (κ2) is 5.25. The molecule has 20 heavy (non-hydrogen) atoms. The van der Waals surface area contributed by atoms with Crippen molar-refractivity contribution >= 4 is 10.0 Å². The van der Waals surface area contributed by atoms with E-state index in [2.05, 4.69) is 14.9 Å². The Bertz CT molecular complexity index is 694. The first-order valence-electron chi connectivity index (χ1n) is 5.47. The van der Waals surface area contributed by atoms with Crippen LogP contribution in [0.1, 0.15) is 18.5 Å². The van der Waals surface area contributed by atoms with E-state index in [4.69, 9.17) is 0 Å². The zero-order valence-electron chi connectivity index (χ0n) is 10.2. The lowest BCUT2D eigenvalue weighted by atomic mass is 10.2. The summed E-state index contributed by atoms with van der Waals surface area (Å²) in [4.78, 5) is -1.21. The smallest absolute Gasteiger partial charge is 0.246 e. The van der Waals surface area contributed by atoms with E-state index in [0.717, 1.165) is 0 Å². The number of aromatic nitrogens is 2. The Balaban J connectivity index is 2.37. The molecule has 0 aliphatic carbocycles. The molecule has 0 aliphatic rings. The first-order chi connectivity index (χ1) is 9.31. The van der Waals surface area contributed by atoms with Crippen LogP contribution in [-0.4, -0.2) is 18.6 Å². The van der Waals surface area contributed by atoms with E-state index >= 15 is 0 Å². The first kappa shape index (κ1) is 14.5. The van der Waals surface area contributed by atoms with Gasteiger partial charge in [0, 0.05) is 29.9 Å². The number of hydrogen-bond donors (Lipinski definition) is 2. The molecule has 2 rings (SSSR count). The lowest BCUT2D eigenvalue weighted by molar-refractivity contribution is 0.491. The largest absolute Gasteiger partial charge is 0.285 e. The normalized spacial score (nSPS) is 13.4. The standard InChI is InChI=1S/C11H10F3N3O2S/c1-6(7-4-15-16-5-7)17-20(18,19)11-9(13)2-8(12)3-10(11)14/h2-6,17H,1H3,(H,15,16). The molecule has 1 atom stereocenters. The number of rotatable bonds is 4. The molecule has 1 aromatic heterocycles. The molecular formula is C11H10F3N3O2S. The molecule has 0 saturated carbocycles. The van der Waals surface area contributed by atoms with Gasteiger partial charge in [0.15, 0.2) is 4.90 Å². The number of halogens is 3. The van der Waals surface area contributed by atoms with E-state index < -0.39 is 38.4 Å². The molecular weight excluding hydrogens is 295 g/mol. The number of nitrogens with one attached hydrogen (secondary N) is 2. The van der Waals surface area contributed by atoms with E-state index in [0.29, 0.717) is 17.7 Å². The zero-order chi connectivity index (χ0) is 14.9. The van der Waals surface area contributed by atoms with Crippen LogP contribution in [0.3, 0.4) is 0 Å². The van der Waals surface area contributed by atoms with Crippen LogP contribution in [0.25, 0.3) is 0 Å². The average Bonchev–Trinajstić information content (AvgIpc) is 2.78. The summed E-state index contributed by atoms with van der Waals surface area (Å²) in [6, 6.07) is -0.150. The summed E-state index contributed by atoms with van der Waals surface area (Å²) < 4.78 is 65.7. The van der Waals surface area contributed by atoms with Crippen molar-refractivity contribution in [1.29, 1.82) is 0 Å². The molecule has 108 valence electrons. The van der Waals surface area contributed by atoms with Crippen LogP contribution in [-0.2, 0) is 10.0 Å². The number of sulfonamides is 1. The van der Waals surface area contributed by atoms with E-state index in [1.807, 2.05) is 0 Å². The molecule has 0 aliphatic heterocycles. The first-order valence-corrected chi connectivity index (χ1v) is 6.95. The Kier molecular flexibility index (Phi) is 3.82. The van der Waals surface area contributed by atoms with Crippen molar-refractivity contribution in [3.8, 4) is 0 Å². The lowest BCUT2D eigenvalue weighted by Gasteiger charge is -2.13. The minimum Gasteiger partial charge on any atom is -0.285 e. The Morgan fingerprint density at radius 1 is 1.25 bits per heavy atom. The topological polar surface area (TPSA) is 74.8 Å². The number of hydrogen-bond acceptors (Lipinski definition) is 3. The van der Waals surface area contributed by atoms with Crippen molar-refractivity contribution in [3.05, 3.63) is 47.5 Å². The van der Waals surface area contributed by atoms with E-state index in [1.165, 1.54) is 19.3 Å². The fraction of sp³-hybridized carbons (Fsp3) is 0.182. The SMILES string of the molecule is CC(NS(=O)(=O)c1c(F)cc(F)cc1F)c1cn[nH]c1. The van der Waals surface area contributed by atoms with Gasteiger partial charge in [0.2, 0.25) is 10.0 Å². The van der Waals surface area contributed by atoms with Crippen LogP contribution in [0.2, 0.25) is 0 Å². The summed E-state index contributed by atoms with van der Waals surface area (Å²) in [7, 11) is -4.47. The van der Waals surface area contributed by atoms with Crippen LogP contribution in [0.15, 0.2) is 29.4 Å². The third-order valence-electron chi connectivity index (χ3n) is 2.58. The minimum atomic E-state index is -4.47. The van der Waals surface area contributed by atoms with Gasteiger partial charge in [0.25, 0.3) is 0 Å². The molecule has 0 amide bonds. The highest BCUT2D eigenvalue weighted by Crippen LogP contribution is 2.22. The maximum absolute atomic E-state index is 13.5. The number of aromatic amines is 1. The highest BCUT2D eigenvalue weighted by molar-refractivity contribution is 7.89. The average molecular weight is 305 g/mol. The van der Waals surface area contributed by atoms with Gasteiger partial charge in [-0.3, -0.25) is 5.10 Å². The molecule has 0 spiro atoms. The third-order valence-corrected chi connectivity index (χ3v) is 4.17. The van der Waals surface area contributed by atoms with Gasteiger partial charge in [-0.25, -0.2) is 26.3 Å². The number of H-pyrrole nitrogens is 1. The van der Waals surface area contributed by atoms with Crippen molar-refractivity contribution in [3.63, 3.8) is 0 Å². The number of benzene rings is 1. The summed E-state index contributed by atoms with van der Waals surface area (Å²) in [6.45, 7) is 1.47. The highest BCUT2D eigenvalue weighted by atomic mass is 32.2. The lowest BCUT2D eigenvalue weighted by Crippen LogP contribution is -2.28. The van der Waals surface area contributed by atoms with Crippen LogP contribution < -0.4 is 4.72 Å². The van der Waals surface area contributed by atoms with E-state index in [9.17, 15) is 21.6 Å². The van der Waals surface area contributed by atoms with Crippen LogP contribution >= 0.6 is 0 Å². The second-order valence-corrected chi connectivity index (χ2v) is 5.72. The van der Waals surface area contributed by atoms with Gasteiger partial charge in [-0.15, -0.1) is 0 Å². The van der Waals surface area contributed by atoms with E-state index in [1.54, 1.807) is 0 Å². The van der Waals surface area contributed by atoms with Gasteiger partial charge in [0.05, 0.1) is 6.20 Å². The molecule has 1 unspecified atom stereocenters. The molecule has 0 bridgehead atoms. The van der Waals surface area contributed by atoms with Crippen molar-refractivity contribution in [2.24, 2.45) is 0 Å². The Labute approximate surface area is 112 Å². The fourth-order valence-electron chi connectivity index (χ4n) is 1.64. The molecule has 2 aromatic rings. The zero-order valence-corrected chi connectivity index (χ0v) is 11.0. The van der Waals surface area contributed by atoms with Crippen molar-refractivity contribution in [2.45, 2.75) is 17.9 Å². The number of nitrogens with zero attached hydrogens (tertiary/aromatic N) is 1. The molecule has 0 fully saturated rings. The fourth-order valence-corrected chi connectivity index (χ4v) is 2.99. The van der Waals surface area contributed by atoms with Gasteiger partial charge < -0.3 is 0 Å². The quantitative estimate of drug-likeness (QED) is 0.905. The van der Waals surface area contributed by atoms with Crippen molar-refractivity contribution in [2.75, 3.05) is 0 Å². The summed E-state index contributed by atoms with van der Waals surface area (Å²) in [5.41, 5.74) is 0.483. The molecule has 1 aromatic carbocycles. The Hall–Kier alpha value is -1.87. The maximum Gasteiger partial charge on any atom is 0.246 e. The highest BCUT2D eigenvalue weighted by Gasteiger charge is 2.27. The Morgan fingerprint density at radius 3 is 2.35 bits per heavy atom. The predicted molar refractivity (Wildman–Crippen MR) is 63.6 cm³/mol. The molecule has 9 heteroatoms. The second-order valence-electron chi connectivity index (χ2n) is 4.07. The van der Waals surface area contributed by atoms with Crippen LogP contribution in [0.5, 0.6) is 0 Å². The van der Waals surface area contributed by atoms with Gasteiger partial charge >= 0.3 is 0 Å². The van der Waals surface area contributed by atoms with Crippen molar-refractivity contribution in [1.82, 2.24) is 14.9 Å². The molecule has 0 saturated heterocycles. The van der Waals surface area contributed by atoms with Gasteiger partial charge in [-0.05, 0) is 6.92 Å². The monoisotopic (exact) mass is 305 g/mol. The molecule has 2 N–H and O–H groups in total. The summed E-state index contributed by atoms with van der Waals surface area (Å²) in [5.74, 6) is -4.18. The van der Waals surface area contributed by atoms with Crippen LogP contribution in [0, 0.1) is 17.5 Å². The molecule has 1 heterocycles. The minimum absolute atomic E-state index is 0.306. The Morgan fingerprint density at radius 2 is 1.85 bits per heavy atom. The van der Waals surface area contributed by atoms with Gasteiger partial charge in [0.1, 0.15) is 17.5 Å². The predicted octanol–water partition coefficient (Wildman–Crippen LogP) is 1.87. The summed E-state index contributed by atoms with van der Waals surface area (Å²) in [6.07, 6.45) is 2.80.